The van der Waals surface area contributed by atoms with Gasteiger partial charge in [0.1, 0.15) is 0 Å². The zero-order chi connectivity index (χ0) is 17.0. The van der Waals surface area contributed by atoms with Crippen LogP contribution < -0.4 is 4.72 Å². The maximum Gasteiger partial charge on any atom is 0.240 e. The molecule has 0 aliphatic heterocycles. The van der Waals surface area contributed by atoms with Gasteiger partial charge in [-0.1, -0.05) is 12.1 Å². The summed E-state index contributed by atoms with van der Waals surface area (Å²) in [5.74, 6) is 0. The van der Waals surface area contributed by atoms with Crippen LogP contribution in [-0.2, 0) is 16.6 Å². The first-order chi connectivity index (χ1) is 11.5. The number of hydrogen-bond donors (Lipinski definition) is 1. The Bertz CT molecular complexity index is 921. The van der Waals surface area contributed by atoms with Crippen LogP contribution in [0.2, 0.25) is 0 Å². The van der Waals surface area contributed by atoms with Crippen LogP contribution in [0.25, 0.3) is 11.3 Å². The van der Waals surface area contributed by atoms with Gasteiger partial charge in [0.05, 0.1) is 17.1 Å². The van der Waals surface area contributed by atoms with Gasteiger partial charge < -0.3 is 0 Å². The molecule has 1 N–H and O–H groups in total. The zero-order valence-corrected chi connectivity index (χ0v) is 14.1. The average Bonchev–Trinajstić information content (AvgIpc) is 3.04. The molecule has 0 saturated heterocycles. The summed E-state index contributed by atoms with van der Waals surface area (Å²) in [6.45, 7) is 2.59. The predicted octanol–water partition coefficient (Wildman–Crippen LogP) is 2.23. The molecule has 0 radical (unpaired) electrons. The van der Waals surface area contributed by atoms with Crippen molar-refractivity contribution in [3.05, 3.63) is 66.6 Å². The van der Waals surface area contributed by atoms with Gasteiger partial charge in [-0.3, -0.25) is 9.67 Å². The first-order valence-corrected chi connectivity index (χ1v) is 9.03. The van der Waals surface area contributed by atoms with E-state index >= 15 is 0 Å². The van der Waals surface area contributed by atoms with Gasteiger partial charge in [0, 0.05) is 30.7 Å². The van der Waals surface area contributed by atoms with Crippen LogP contribution in [0, 0.1) is 6.92 Å². The number of hydrogen-bond acceptors (Lipinski definition) is 4. The minimum atomic E-state index is -3.50. The van der Waals surface area contributed by atoms with E-state index in [-0.39, 0.29) is 11.4 Å². The third-order valence-electron chi connectivity index (χ3n) is 3.55. The van der Waals surface area contributed by atoms with Crippen LogP contribution in [0.15, 0.2) is 66.0 Å². The highest BCUT2D eigenvalue weighted by Gasteiger charge is 2.13. The fourth-order valence-corrected chi connectivity index (χ4v) is 3.45. The number of pyridine rings is 1. The third kappa shape index (κ3) is 3.87. The zero-order valence-electron chi connectivity index (χ0n) is 13.3. The quantitative estimate of drug-likeness (QED) is 0.745. The molecule has 0 aliphatic rings. The molecule has 7 heteroatoms. The topological polar surface area (TPSA) is 76.9 Å². The first kappa shape index (κ1) is 16.4. The molecule has 3 rings (SSSR count). The Hall–Kier alpha value is -2.51. The van der Waals surface area contributed by atoms with Crippen molar-refractivity contribution in [1.82, 2.24) is 19.5 Å². The molecule has 6 nitrogen and oxygen atoms in total. The minimum Gasteiger partial charge on any atom is -0.271 e. The molecule has 0 saturated carbocycles. The molecule has 2 heterocycles. The number of nitrogens with one attached hydrogen (secondary N) is 1. The normalized spacial score (nSPS) is 11.5. The van der Waals surface area contributed by atoms with Gasteiger partial charge in [-0.2, -0.15) is 5.10 Å². The summed E-state index contributed by atoms with van der Waals surface area (Å²) in [6, 6.07) is 12.5. The molecule has 124 valence electrons. The molecule has 3 aromatic rings. The van der Waals surface area contributed by atoms with Crippen molar-refractivity contribution in [3.8, 4) is 11.3 Å². The molecular weight excluding hydrogens is 324 g/mol. The second-order valence-electron chi connectivity index (χ2n) is 5.41. The highest BCUT2D eigenvalue weighted by atomic mass is 32.2. The number of rotatable bonds is 6. The van der Waals surface area contributed by atoms with E-state index in [1.165, 1.54) is 0 Å². The van der Waals surface area contributed by atoms with Crippen LogP contribution in [0.4, 0.5) is 0 Å². The van der Waals surface area contributed by atoms with Crippen LogP contribution in [0.1, 0.15) is 5.56 Å². The van der Waals surface area contributed by atoms with E-state index in [1.54, 1.807) is 35.3 Å². The van der Waals surface area contributed by atoms with Crippen LogP contribution in [-0.4, -0.2) is 29.7 Å². The fraction of sp³-hybridized carbons (Fsp3) is 0.176. The third-order valence-corrected chi connectivity index (χ3v) is 5.01. The van der Waals surface area contributed by atoms with Crippen LogP contribution >= 0.6 is 0 Å². The van der Waals surface area contributed by atoms with Gasteiger partial charge in [0.2, 0.25) is 10.0 Å². The summed E-state index contributed by atoms with van der Waals surface area (Å²) < 4.78 is 28.8. The molecular formula is C17H18N4O2S. The summed E-state index contributed by atoms with van der Waals surface area (Å²) in [5.41, 5.74) is 2.72. The first-order valence-electron chi connectivity index (χ1n) is 7.55. The van der Waals surface area contributed by atoms with Crippen molar-refractivity contribution in [3.63, 3.8) is 0 Å². The van der Waals surface area contributed by atoms with Gasteiger partial charge in [-0.05, 0) is 42.8 Å². The molecule has 0 atom stereocenters. The molecule has 0 aliphatic carbocycles. The van der Waals surface area contributed by atoms with Gasteiger partial charge >= 0.3 is 0 Å². The number of benzene rings is 1. The van der Waals surface area contributed by atoms with Gasteiger partial charge in [0.15, 0.2) is 0 Å². The Morgan fingerprint density at radius 1 is 1.12 bits per heavy atom. The van der Waals surface area contributed by atoms with Crippen molar-refractivity contribution in [2.24, 2.45) is 0 Å². The van der Waals surface area contributed by atoms with Crippen molar-refractivity contribution in [2.75, 3.05) is 6.54 Å². The van der Waals surface area contributed by atoms with E-state index in [2.05, 4.69) is 14.8 Å². The lowest BCUT2D eigenvalue weighted by Gasteiger charge is -2.07. The van der Waals surface area contributed by atoms with E-state index in [0.717, 1.165) is 16.8 Å². The summed E-state index contributed by atoms with van der Waals surface area (Å²) in [4.78, 5) is 4.26. The molecule has 0 fully saturated rings. The van der Waals surface area contributed by atoms with Crippen LogP contribution in [0.3, 0.4) is 0 Å². The second-order valence-corrected chi connectivity index (χ2v) is 7.18. The fourth-order valence-electron chi connectivity index (χ4n) is 2.32. The maximum absolute atomic E-state index is 12.3. The molecule has 0 bridgehead atoms. The Kier molecular flexibility index (Phi) is 4.73. The summed E-state index contributed by atoms with van der Waals surface area (Å²) >= 11 is 0. The second kappa shape index (κ2) is 6.94. The van der Waals surface area contributed by atoms with E-state index in [0.29, 0.717) is 6.54 Å². The highest BCUT2D eigenvalue weighted by molar-refractivity contribution is 7.89. The molecule has 0 unspecified atom stereocenters. The number of nitrogens with zero attached hydrogens (tertiary/aromatic N) is 3. The summed E-state index contributed by atoms with van der Waals surface area (Å²) in [5, 5.41) is 4.44. The highest BCUT2D eigenvalue weighted by Crippen LogP contribution is 2.15. The standard InChI is InChI=1S/C17H18N4O2S/c1-14-3-2-4-16(13-14)24(22,23)19-10-12-21-11-7-17(20-21)15-5-8-18-9-6-15/h2-9,11,13,19H,10,12H2,1H3. The van der Waals surface area contributed by atoms with Crippen molar-refractivity contribution >= 4 is 10.0 Å². The minimum absolute atomic E-state index is 0.272. The Balaban J connectivity index is 1.62. The van der Waals surface area contributed by atoms with E-state index in [9.17, 15) is 8.42 Å². The molecule has 0 amide bonds. The SMILES string of the molecule is Cc1cccc(S(=O)(=O)NCCn2ccc(-c3ccncc3)n2)c1. The Labute approximate surface area is 141 Å². The van der Waals surface area contributed by atoms with Crippen molar-refractivity contribution in [2.45, 2.75) is 18.4 Å². The lowest BCUT2D eigenvalue weighted by atomic mass is 10.2. The number of sulfonamides is 1. The average molecular weight is 342 g/mol. The molecule has 2 aromatic heterocycles. The smallest absolute Gasteiger partial charge is 0.240 e. The summed E-state index contributed by atoms with van der Waals surface area (Å²) in [6.07, 6.45) is 5.26. The Morgan fingerprint density at radius 3 is 2.67 bits per heavy atom. The number of aromatic nitrogens is 3. The molecule has 24 heavy (non-hydrogen) atoms. The largest absolute Gasteiger partial charge is 0.271 e. The maximum atomic E-state index is 12.3. The van der Waals surface area contributed by atoms with Gasteiger partial charge in [-0.25, -0.2) is 13.1 Å². The predicted molar refractivity (Wildman–Crippen MR) is 91.8 cm³/mol. The lowest BCUT2D eigenvalue weighted by molar-refractivity contribution is 0.561. The van der Waals surface area contributed by atoms with Crippen molar-refractivity contribution in [1.29, 1.82) is 0 Å². The van der Waals surface area contributed by atoms with Crippen LogP contribution in [0.5, 0.6) is 0 Å². The summed E-state index contributed by atoms with van der Waals surface area (Å²) in [7, 11) is -3.50. The van der Waals surface area contributed by atoms with E-state index < -0.39 is 10.0 Å². The van der Waals surface area contributed by atoms with E-state index in [1.807, 2.05) is 37.4 Å². The Morgan fingerprint density at radius 2 is 1.92 bits per heavy atom. The van der Waals surface area contributed by atoms with Gasteiger partial charge in [0.25, 0.3) is 0 Å². The molecule has 1 aromatic carbocycles. The van der Waals surface area contributed by atoms with Gasteiger partial charge in [-0.15, -0.1) is 0 Å². The monoisotopic (exact) mass is 342 g/mol. The van der Waals surface area contributed by atoms with E-state index in [4.69, 9.17) is 0 Å². The number of aryl methyl sites for hydroxylation is 1. The molecule has 0 spiro atoms. The lowest BCUT2D eigenvalue weighted by Crippen LogP contribution is -2.27. The van der Waals surface area contributed by atoms with Crippen molar-refractivity contribution < 1.29 is 8.42 Å².